The van der Waals surface area contributed by atoms with E-state index in [1.54, 1.807) is 11.0 Å². The Hall–Kier alpha value is -1.91. The number of hydrogen-bond acceptors (Lipinski definition) is 3. The Morgan fingerprint density at radius 3 is 2.65 bits per heavy atom. The van der Waals surface area contributed by atoms with Crippen molar-refractivity contribution in [2.75, 3.05) is 13.1 Å². The van der Waals surface area contributed by atoms with Crippen LogP contribution in [0.2, 0.25) is 0 Å². The van der Waals surface area contributed by atoms with Gasteiger partial charge in [0.25, 0.3) is 0 Å². The van der Waals surface area contributed by atoms with Gasteiger partial charge in [-0.2, -0.15) is 0 Å². The third-order valence-corrected chi connectivity index (χ3v) is 2.69. The largest absolute Gasteiger partial charge is 0.370 e. The number of halogens is 2. The first-order chi connectivity index (χ1) is 8.11. The van der Waals surface area contributed by atoms with Crippen LogP contribution in [0.5, 0.6) is 0 Å². The predicted octanol–water partition coefficient (Wildman–Crippen LogP) is 1.82. The Balaban J connectivity index is 2.30. The average Bonchev–Trinajstić information content (AvgIpc) is 2.60. The fraction of sp³-hybridized carbons (Fsp3) is 0.250. The molecule has 0 aromatic heterocycles. The summed E-state index contributed by atoms with van der Waals surface area (Å²) >= 11 is 0. The zero-order chi connectivity index (χ0) is 12.4. The number of nitrogens with two attached hydrogens (primary N) is 1. The van der Waals surface area contributed by atoms with E-state index in [-0.39, 0.29) is 6.04 Å². The molecule has 0 aliphatic carbocycles. The van der Waals surface area contributed by atoms with E-state index in [2.05, 4.69) is 11.6 Å². The topological polar surface area (TPSA) is 41.6 Å². The molecule has 1 aliphatic heterocycles. The van der Waals surface area contributed by atoms with Gasteiger partial charge in [-0.05, 0) is 17.7 Å². The molecular formula is C12H13F2N3. The minimum absolute atomic E-state index is 0.224. The summed E-state index contributed by atoms with van der Waals surface area (Å²) < 4.78 is 26.3. The fourth-order valence-electron chi connectivity index (χ4n) is 1.94. The van der Waals surface area contributed by atoms with Crippen LogP contribution in [0.15, 0.2) is 35.8 Å². The number of nitrogens with zero attached hydrogens (tertiary/aromatic N) is 2. The van der Waals surface area contributed by atoms with Crippen molar-refractivity contribution in [2.24, 2.45) is 10.7 Å². The van der Waals surface area contributed by atoms with Crippen LogP contribution >= 0.6 is 0 Å². The van der Waals surface area contributed by atoms with Gasteiger partial charge >= 0.3 is 0 Å². The summed E-state index contributed by atoms with van der Waals surface area (Å²) in [5, 5.41) is 0. The van der Waals surface area contributed by atoms with Crippen LogP contribution in [-0.2, 0) is 0 Å². The monoisotopic (exact) mass is 237 g/mol. The highest BCUT2D eigenvalue weighted by Gasteiger charge is 2.27. The molecule has 0 bridgehead atoms. The molecule has 0 spiro atoms. The molecular weight excluding hydrogens is 224 g/mol. The van der Waals surface area contributed by atoms with Gasteiger partial charge in [0.15, 0.2) is 5.96 Å². The molecule has 0 saturated heterocycles. The molecule has 0 amide bonds. The lowest BCUT2D eigenvalue weighted by Crippen LogP contribution is -2.36. The minimum Gasteiger partial charge on any atom is -0.370 e. The van der Waals surface area contributed by atoms with Crippen molar-refractivity contribution in [3.05, 3.63) is 48.1 Å². The average molecular weight is 237 g/mol. The Bertz CT molecular complexity index is 451. The summed E-state index contributed by atoms with van der Waals surface area (Å²) in [5.41, 5.74) is 6.25. The van der Waals surface area contributed by atoms with Gasteiger partial charge in [-0.25, -0.2) is 8.78 Å². The number of benzene rings is 1. The molecule has 2 N–H and O–H groups in total. The molecule has 1 heterocycles. The maximum absolute atomic E-state index is 13.1. The first kappa shape index (κ1) is 11.6. The molecule has 1 aliphatic rings. The molecule has 1 aromatic rings. The fourth-order valence-corrected chi connectivity index (χ4v) is 1.94. The molecule has 0 radical (unpaired) electrons. The predicted molar refractivity (Wildman–Crippen MR) is 62.5 cm³/mol. The summed E-state index contributed by atoms with van der Waals surface area (Å²) in [6, 6.07) is 3.23. The van der Waals surface area contributed by atoms with E-state index in [0.717, 1.165) is 6.07 Å². The first-order valence-electron chi connectivity index (χ1n) is 5.25. The Morgan fingerprint density at radius 1 is 1.41 bits per heavy atom. The maximum Gasteiger partial charge on any atom is 0.192 e. The third kappa shape index (κ3) is 2.27. The highest BCUT2D eigenvalue weighted by atomic mass is 19.1. The summed E-state index contributed by atoms with van der Waals surface area (Å²) in [7, 11) is 0. The second-order valence-corrected chi connectivity index (χ2v) is 3.86. The summed E-state index contributed by atoms with van der Waals surface area (Å²) in [5.74, 6) is -0.812. The summed E-state index contributed by atoms with van der Waals surface area (Å²) in [4.78, 5) is 5.85. The van der Waals surface area contributed by atoms with E-state index in [0.29, 0.717) is 24.6 Å². The third-order valence-electron chi connectivity index (χ3n) is 2.69. The smallest absolute Gasteiger partial charge is 0.192 e. The van der Waals surface area contributed by atoms with E-state index in [1.165, 1.54) is 12.1 Å². The maximum atomic E-state index is 13.1. The van der Waals surface area contributed by atoms with Gasteiger partial charge in [0.05, 0.1) is 12.6 Å². The highest BCUT2D eigenvalue weighted by molar-refractivity contribution is 5.80. The van der Waals surface area contributed by atoms with Crippen molar-refractivity contribution in [3.63, 3.8) is 0 Å². The lowest BCUT2D eigenvalue weighted by atomic mass is 10.1. The minimum atomic E-state index is -0.593. The SMILES string of the molecule is C=CCN1C(N)=NCC1c1cc(F)cc(F)c1. The van der Waals surface area contributed by atoms with Crippen LogP contribution in [-0.4, -0.2) is 23.9 Å². The standard InChI is InChI=1S/C12H13F2N3/c1-2-3-17-11(7-16-12(17)15)8-4-9(13)6-10(14)5-8/h2,4-6,11H,1,3,7H2,(H2,15,16). The van der Waals surface area contributed by atoms with Crippen molar-refractivity contribution < 1.29 is 8.78 Å². The molecule has 17 heavy (non-hydrogen) atoms. The zero-order valence-electron chi connectivity index (χ0n) is 9.24. The van der Waals surface area contributed by atoms with Crippen LogP contribution < -0.4 is 5.73 Å². The van der Waals surface area contributed by atoms with Gasteiger partial charge in [0.2, 0.25) is 0 Å². The Morgan fingerprint density at radius 2 is 2.06 bits per heavy atom. The number of rotatable bonds is 3. The van der Waals surface area contributed by atoms with E-state index in [9.17, 15) is 8.78 Å². The molecule has 0 fully saturated rings. The molecule has 3 nitrogen and oxygen atoms in total. The van der Waals surface area contributed by atoms with Crippen molar-refractivity contribution in [2.45, 2.75) is 6.04 Å². The highest BCUT2D eigenvalue weighted by Crippen LogP contribution is 2.26. The van der Waals surface area contributed by atoms with E-state index >= 15 is 0 Å². The van der Waals surface area contributed by atoms with Crippen LogP contribution in [0, 0.1) is 11.6 Å². The summed E-state index contributed by atoms with van der Waals surface area (Å²) in [6.07, 6.45) is 1.68. The van der Waals surface area contributed by atoms with Gasteiger partial charge in [0, 0.05) is 12.6 Å². The van der Waals surface area contributed by atoms with Gasteiger partial charge in [-0.1, -0.05) is 6.08 Å². The van der Waals surface area contributed by atoms with Gasteiger partial charge in [-0.3, -0.25) is 4.99 Å². The van der Waals surface area contributed by atoms with E-state index in [1.807, 2.05) is 0 Å². The van der Waals surface area contributed by atoms with E-state index < -0.39 is 11.6 Å². The van der Waals surface area contributed by atoms with Gasteiger partial charge in [0.1, 0.15) is 11.6 Å². The van der Waals surface area contributed by atoms with Crippen molar-refractivity contribution in [1.82, 2.24) is 4.90 Å². The number of aliphatic imine (C=N–C) groups is 1. The van der Waals surface area contributed by atoms with E-state index in [4.69, 9.17) is 5.73 Å². The molecule has 90 valence electrons. The zero-order valence-corrected chi connectivity index (χ0v) is 9.24. The van der Waals surface area contributed by atoms with Crippen LogP contribution in [0.1, 0.15) is 11.6 Å². The Labute approximate surface area is 98.3 Å². The number of guanidine groups is 1. The van der Waals surface area contributed by atoms with Crippen LogP contribution in [0.4, 0.5) is 8.78 Å². The molecule has 1 atom stereocenters. The van der Waals surface area contributed by atoms with Crippen LogP contribution in [0.25, 0.3) is 0 Å². The molecule has 2 rings (SSSR count). The first-order valence-corrected chi connectivity index (χ1v) is 5.25. The quantitative estimate of drug-likeness (QED) is 0.815. The van der Waals surface area contributed by atoms with Gasteiger partial charge < -0.3 is 10.6 Å². The van der Waals surface area contributed by atoms with Gasteiger partial charge in [-0.15, -0.1) is 6.58 Å². The summed E-state index contributed by atoms with van der Waals surface area (Å²) in [6.45, 7) is 4.52. The molecule has 1 aromatic carbocycles. The van der Waals surface area contributed by atoms with Crippen molar-refractivity contribution in [3.8, 4) is 0 Å². The van der Waals surface area contributed by atoms with Crippen molar-refractivity contribution >= 4 is 5.96 Å². The molecule has 5 heteroatoms. The Kier molecular flexibility index (Phi) is 3.08. The second kappa shape index (κ2) is 4.53. The lowest BCUT2D eigenvalue weighted by Gasteiger charge is -2.25. The van der Waals surface area contributed by atoms with Crippen molar-refractivity contribution in [1.29, 1.82) is 0 Å². The number of hydrogen-bond donors (Lipinski definition) is 1. The normalized spacial score (nSPS) is 19.3. The molecule has 1 unspecified atom stereocenters. The second-order valence-electron chi connectivity index (χ2n) is 3.86. The van der Waals surface area contributed by atoms with Crippen LogP contribution in [0.3, 0.4) is 0 Å². The lowest BCUT2D eigenvalue weighted by molar-refractivity contribution is 0.377. The molecule has 0 saturated carbocycles.